The third kappa shape index (κ3) is 4.78. The number of benzene rings is 1. The number of morpholine rings is 1. The summed E-state index contributed by atoms with van der Waals surface area (Å²) in [4.78, 5) is 2.51. The first-order chi connectivity index (χ1) is 10.4. The van der Waals surface area contributed by atoms with Crippen molar-refractivity contribution in [2.75, 3.05) is 46.1 Å². The number of rotatable bonds is 6. The molecule has 2 heterocycles. The summed E-state index contributed by atoms with van der Waals surface area (Å²) < 4.78 is 11.0. The third-order valence-corrected chi connectivity index (χ3v) is 4.31. The summed E-state index contributed by atoms with van der Waals surface area (Å²) in [6.07, 6.45) is 2.21. The van der Waals surface area contributed by atoms with Gasteiger partial charge in [-0.2, -0.15) is 0 Å². The minimum Gasteiger partial charge on any atom is -0.380 e. The number of hydrogen-bond acceptors (Lipinski definition) is 4. The Balaban J connectivity index is 1.58. The molecule has 0 saturated carbocycles. The molecule has 0 spiro atoms. The van der Waals surface area contributed by atoms with Gasteiger partial charge in [-0.15, -0.1) is 0 Å². The van der Waals surface area contributed by atoms with Crippen LogP contribution in [0.5, 0.6) is 0 Å². The van der Waals surface area contributed by atoms with Crippen LogP contribution in [0.3, 0.4) is 0 Å². The molecule has 1 aromatic carbocycles. The van der Waals surface area contributed by atoms with Crippen LogP contribution < -0.4 is 5.32 Å². The Morgan fingerprint density at radius 2 is 1.90 bits per heavy atom. The van der Waals surface area contributed by atoms with Gasteiger partial charge in [0, 0.05) is 38.3 Å². The highest BCUT2D eigenvalue weighted by Gasteiger charge is 2.22. The Morgan fingerprint density at radius 1 is 1.10 bits per heavy atom. The molecule has 1 N–H and O–H groups in total. The molecule has 21 heavy (non-hydrogen) atoms. The van der Waals surface area contributed by atoms with Crippen molar-refractivity contribution < 1.29 is 9.47 Å². The van der Waals surface area contributed by atoms with Crippen LogP contribution in [0.1, 0.15) is 12.0 Å². The summed E-state index contributed by atoms with van der Waals surface area (Å²) in [6, 6.07) is 11.8. The lowest BCUT2D eigenvalue weighted by Crippen LogP contribution is -2.49. The van der Waals surface area contributed by atoms with Crippen molar-refractivity contribution in [3.8, 4) is 0 Å². The zero-order chi connectivity index (χ0) is 14.3. The normalized spacial score (nSPS) is 25.0. The summed E-state index contributed by atoms with van der Waals surface area (Å²) in [5, 5.41) is 3.80. The van der Waals surface area contributed by atoms with Crippen molar-refractivity contribution in [1.29, 1.82) is 0 Å². The fraction of sp³-hybridized carbons (Fsp3) is 0.647. The van der Waals surface area contributed by atoms with E-state index in [-0.39, 0.29) is 0 Å². The third-order valence-electron chi connectivity index (χ3n) is 4.31. The van der Waals surface area contributed by atoms with Gasteiger partial charge >= 0.3 is 0 Å². The van der Waals surface area contributed by atoms with Crippen LogP contribution >= 0.6 is 0 Å². The maximum Gasteiger partial charge on any atom is 0.0620 e. The monoisotopic (exact) mass is 290 g/mol. The summed E-state index contributed by atoms with van der Waals surface area (Å²) in [5.41, 5.74) is 1.40. The maximum atomic E-state index is 5.50. The molecule has 2 aliphatic heterocycles. The molecule has 0 unspecified atom stereocenters. The van der Waals surface area contributed by atoms with Crippen molar-refractivity contribution in [1.82, 2.24) is 10.2 Å². The highest BCUT2D eigenvalue weighted by molar-refractivity contribution is 5.16. The molecular formula is C17H26N2O2. The first-order valence-corrected chi connectivity index (χ1v) is 8.08. The van der Waals surface area contributed by atoms with E-state index < -0.39 is 0 Å². The van der Waals surface area contributed by atoms with E-state index in [0.717, 1.165) is 58.9 Å². The van der Waals surface area contributed by atoms with Gasteiger partial charge < -0.3 is 14.8 Å². The van der Waals surface area contributed by atoms with Gasteiger partial charge in [-0.25, -0.2) is 0 Å². The van der Waals surface area contributed by atoms with Crippen LogP contribution in [-0.2, 0) is 15.9 Å². The summed E-state index contributed by atoms with van der Waals surface area (Å²) in [5.74, 6) is 0. The second-order valence-electron chi connectivity index (χ2n) is 6.03. The summed E-state index contributed by atoms with van der Waals surface area (Å²) in [6.45, 7) is 6.67. The maximum absolute atomic E-state index is 5.50. The van der Waals surface area contributed by atoms with Gasteiger partial charge in [0.2, 0.25) is 0 Å². The lowest BCUT2D eigenvalue weighted by molar-refractivity contribution is 0.0328. The Kier molecular flexibility index (Phi) is 5.63. The Morgan fingerprint density at radius 3 is 2.62 bits per heavy atom. The molecule has 2 atom stereocenters. The Bertz CT molecular complexity index is 401. The van der Waals surface area contributed by atoms with Gasteiger partial charge in [0.05, 0.1) is 19.8 Å². The average molecular weight is 290 g/mol. The topological polar surface area (TPSA) is 33.7 Å². The predicted octanol–water partition coefficient (Wildman–Crippen LogP) is 1.31. The van der Waals surface area contributed by atoms with E-state index >= 15 is 0 Å². The van der Waals surface area contributed by atoms with Crippen LogP contribution in [0, 0.1) is 0 Å². The Labute approximate surface area is 127 Å². The second-order valence-corrected chi connectivity index (χ2v) is 6.03. The smallest absolute Gasteiger partial charge is 0.0620 e. The molecule has 0 amide bonds. The summed E-state index contributed by atoms with van der Waals surface area (Å²) in [7, 11) is 0. The van der Waals surface area contributed by atoms with Gasteiger partial charge in [-0.05, 0) is 18.4 Å². The molecule has 3 rings (SSSR count). The van der Waals surface area contributed by atoms with Crippen LogP contribution in [0.4, 0.5) is 0 Å². The number of ether oxygens (including phenoxy) is 2. The van der Waals surface area contributed by atoms with E-state index in [1.54, 1.807) is 0 Å². The molecule has 116 valence electrons. The Hall–Kier alpha value is -0.940. The van der Waals surface area contributed by atoms with Gasteiger partial charge in [0.15, 0.2) is 0 Å². The zero-order valence-corrected chi connectivity index (χ0v) is 12.7. The number of nitrogens with one attached hydrogen (secondary N) is 1. The minimum absolute atomic E-state index is 0.484. The van der Waals surface area contributed by atoms with Crippen LogP contribution in [0.25, 0.3) is 0 Å². The molecule has 4 nitrogen and oxygen atoms in total. The molecular weight excluding hydrogens is 264 g/mol. The molecule has 2 saturated heterocycles. The molecule has 0 bridgehead atoms. The zero-order valence-electron chi connectivity index (χ0n) is 12.7. The van der Waals surface area contributed by atoms with Crippen LogP contribution in [0.2, 0.25) is 0 Å². The number of hydrogen-bond donors (Lipinski definition) is 1. The fourth-order valence-corrected chi connectivity index (χ4v) is 3.17. The average Bonchev–Trinajstić information content (AvgIpc) is 3.02. The van der Waals surface area contributed by atoms with Crippen molar-refractivity contribution in [3.05, 3.63) is 35.9 Å². The van der Waals surface area contributed by atoms with Crippen molar-refractivity contribution in [2.24, 2.45) is 0 Å². The van der Waals surface area contributed by atoms with Gasteiger partial charge in [0.25, 0.3) is 0 Å². The predicted molar refractivity (Wildman–Crippen MR) is 83.6 cm³/mol. The SMILES string of the molecule is c1ccc(C[C@H](CN2CCOCC2)N[C@H]2CCOC2)cc1. The largest absolute Gasteiger partial charge is 0.380 e. The van der Waals surface area contributed by atoms with E-state index in [4.69, 9.17) is 9.47 Å². The highest BCUT2D eigenvalue weighted by Crippen LogP contribution is 2.10. The van der Waals surface area contributed by atoms with E-state index in [2.05, 4.69) is 40.5 Å². The molecule has 0 aromatic heterocycles. The molecule has 0 radical (unpaired) electrons. The van der Waals surface area contributed by atoms with Crippen molar-refractivity contribution in [2.45, 2.75) is 24.9 Å². The van der Waals surface area contributed by atoms with Gasteiger partial charge in [-0.3, -0.25) is 4.90 Å². The van der Waals surface area contributed by atoms with Gasteiger partial charge in [0.1, 0.15) is 0 Å². The molecule has 4 heteroatoms. The van der Waals surface area contributed by atoms with E-state index in [0.29, 0.717) is 12.1 Å². The molecule has 2 aliphatic rings. The molecule has 0 aliphatic carbocycles. The molecule has 1 aromatic rings. The van der Waals surface area contributed by atoms with Gasteiger partial charge in [-0.1, -0.05) is 30.3 Å². The highest BCUT2D eigenvalue weighted by atomic mass is 16.5. The van der Waals surface area contributed by atoms with E-state index in [1.807, 2.05) is 0 Å². The van der Waals surface area contributed by atoms with E-state index in [9.17, 15) is 0 Å². The van der Waals surface area contributed by atoms with Crippen LogP contribution in [0.15, 0.2) is 30.3 Å². The lowest BCUT2D eigenvalue weighted by atomic mass is 10.0. The fourth-order valence-electron chi connectivity index (χ4n) is 3.17. The van der Waals surface area contributed by atoms with E-state index in [1.165, 1.54) is 5.56 Å². The number of nitrogens with zero attached hydrogens (tertiary/aromatic N) is 1. The molecule has 2 fully saturated rings. The van der Waals surface area contributed by atoms with Crippen molar-refractivity contribution >= 4 is 0 Å². The minimum atomic E-state index is 0.484. The quantitative estimate of drug-likeness (QED) is 0.856. The standard InChI is InChI=1S/C17H26N2O2/c1-2-4-15(5-3-1)12-17(18-16-6-9-21-14-16)13-19-7-10-20-11-8-19/h1-5,16-18H,6-14H2/t16-,17+/m0/s1. The van der Waals surface area contributed by atoms with Crippen LogP contribution in [-0.4, -0.2) is 63.0 Å². The first kappa shape index (κ1) is 15.0. The summed E-state index contributed by atoms with van der Waals surface area (Å²) >= 11 is 0. The lowest BCUT2D eigenvalue weighted by Gasteiger charge is -2.32. The van der Waals surface area contributed by atoms with Crippen molar-refractivity contribution in [3.63, 3.8) is 0 Å². The first-order valence-electron chi connectivity index (χ1n) is 8.08. The second kappa shape index (κ2) is 7.90.